The Hall–Kier alpha value is -3.17. The van der Waals surface area contributed by atoms with Crippen LogP contribution < -0.4 is 0 Å². The van der Waals surface area contributed by atoms with E-state index in [-0.39, 0.29) is 6.04 Å². The second kappa shape index (κ2) is 7.38. The number of benzene rings is 3. The van der Waals surface area contributed by atoms with Gasteiger partial charge in [0.2, 0.25) is 0 Å². The zero-order valence-corrected chi connectivity index (χ0v) is 14.3. The van der Waals surface area contributed by atoms with E-state index < -0.39 is 0 Å². The van der Waals surface area contributed by atoms with Crippen molar-refractivity contribution < 1.29 is 9.63 Å². The van der Waals surface area contributed by atoms with Crippen LogP contribution in [0.2, 0.25) is 0 Å². The molecular weight excluding hydrogens is 322 g/mol. The number of aldehydes is 1. The highest BCUT2D eigenvalue weighted by Gasteiger charge is 2.36. The first-order chi connectivity index (χ1) is 12.9. The molecule has 3 heteroatoms. The number of hydroxylamine groups is 2. The van der Waals surface area contributed by atoms with Crippen molar-refractivity contribution in [3.63, 3.8) is 0 Å². The Morgan fingerprint density at radius 3 is 2.00 bits per heavy atom. The standard InChI is InChI=1S/C23H19NO2/c25-17-21-22(19-12-6-2-7-13-19)24(16-18-10-4-1-5-11-18)26-23(21)20-14-8-3-9-15-20/h1-15,17,22H,16H2/t22-/m0/s1. The Bertz CT molecular complexity index is 905. The largest absolute Gasteiger partial charge is 0.404 e. The van der Waals surface area contributed by atoms with E-state index in [1.54, 1.807) is 0 Å². The summed E-state index contributed by atoms with van der Waals surface area (Å²) < 4.78 is 0. The summed E-state index contributed by atoms with van der Waals surface area (Å²) in [6, 6.07) is 29.7. The molecule has 0 radical (unpaired) electrons. The molecule has 0 aromatic heterocycles. The monoisotopic (exact) mass is 341 g/mol. The fraction of sp³-hybridized carbons (Fsp3) is 0.0870. The smallest absolute Gasteiger partial charge is 0.163 e. The molecule has 0 aliphatic carbocycles. The van der Waals surface area contributed by atoms with E-state index >= 15 is 0 Å². The predicted molar refractivity (Wildman–Crippen MR) is 102 cm³/mol. The molecular formula is C23H19NO2. The summed E-state index contributed by atoms with van der Waals surface area (Å²) in [6.45, 7) is 0.591. The number of carbonyl (C=O) groups is 1. The quantitative estimate of drug-likeness (QED) is 0.625. The minimum absolute atomic E-state index is 0.232. The number of carbonyl (C=O) groups excluding carboxylic acids is 1. The number of hydrogen-bond acceptors (Lipinski definition) is 3. The molecule has 1 atom stereocenters. The van der Waals surface area contributed by atoms with Gasteiger partial charge in [0.15, 0.2) is 12.0 Å². The normalized spacial score (nSPS) is 17.2. The van der Waals surface area contributed by atoms with Crippen LogP contribution in [0.4, 0.5) is 0 Å². The summed E-state index contributed by atoms with van der Waals surface area (Å²) >= 11 is 0. The maximum Gasteiger partial charge on any atom is 0.163 e. The molecule has 0 unspecified atom stereocenters. The highest BCUT2D eigenvalue weighted by Crippen LogP contribution is 2.41. The minimum Gasteiger partial charge on any atom is -0.404 e. The Morgan fingerprint density at radius 1 is 0.808 bits per heavy atom. The molecule has 0 amide bonds. The van der Waals surface area contributed by atoms with Gasteiger partial charge in [-0.3, -0.25) is 4.79 Å². The maximum absolute atomic E-state index is 12.0. The summed E-state index contributed by atoms with van der Waals surface area (Å²) in [5.41, 5.74) is 3.73. The lowest BCUT2D eigenvalue weighted by molar-refractivity contribution is -0.110. The summed E-state index contributed by atoms with van der Waals surface area (Å²) in [5, 5.41) is 1.89. The molecule has 3 nitrogen and oxygen atoms in total. The van der Waals surface area contributed by atoms with Crippen molar-refractivity contribution in [2.24, 2.45) is 0 Å². The van der Waals surface area contributed by atoms with E-state index in [1.807, 2.05) is 83.9 Å². The maximum atomic E-state index is 12.0. The van der Waals surface area contributed by atoms with Crippen molar-refractivity contribution in [3.05, 3.63) is 113 Å². The van der Waals surface area contributed by atoms with Crippen LogP contribution in [0.1, 0.15) is 22.7 Å². The molecule has 0 spiro atoms. The van der Waals surface area contributed by atoms with Crippen LogP contribution in [0, 0.1) is 0 Å². The van der Waals surface area contributed by atoms with Gasteiger partial charge in [-0.25, -0.2) is 0 Å². The summed E-state index contributed by atoms with van der Waals surface area (Å²) in [4.78, 5) is 18.2. The first kappa shape index (κ1) is 16.3. The van der Waals surface area contributed by atoms with E-state index in [4.69, 9.17) is 4.84 Å². The van der Waals surface area contributed by atoms with Crippen LogP contribution in [0.25, 0.3) is 5.76 Å². The molecule has 0 bridgehead atoms. The van der Waals surface area contributed by atoms with E-state index in [0.717, 1.165) is 23.0 Å². The number of rotatable bonds is 5. The van der Waals surface area contributed by atoms with E-state index in [1.165, 1.54) is 0 Å². The SMILES string of the molecule is O=CC1=C(c2ccccc2)ON(Cc2ccccc2)[C@H]1c1ccccc1. The minimum atomic E-state index is -0.232. The lowest BCUT2D eigenvalue weighted by Crippen LogP contribution is -2.24. The molecule has 0 saturated carbocycles. The molecule has 1 aliphatic rings. The van der Waals surface area contributed by atoms with E-state index in [2.05, 4.69) is 12.1 Å². The molecule has 0 fully saturated rings. The lowest BCUT2D eigenvalue weighted by Gasteiger charge is -2.24. The Labute approximate surface area is 153 Å². The second-order valence-electron chi connectivity index (χ2n) is 6.23. The van der Waals surface area contributed by atoms with Gasteiger partial charge < -0.3 is 4.84 Å². The molecule has 128 valence electrons. The van der Waals surface area contributed by atoms with Gasteiger partial charge >= 0.3 is 0 Å². The molecule has 4 rings (SSSR count). The van der Waals surface area contributed by atoms with Gasteiger partial charge in [0, 0.05) is 5.56 Å². The number of nitrogens with zero attached hydrogens (tertiary/aromatic N) is 1. The van der Waals surface area contributed by atoms with Crippen LogP contribution in [-0.2, 0) is 16.2 Å². The van der Waals surface area contributed by atoms with Crippen molar-refractivity contribution in [1.82, 2.24) is 5.06 Å². The molecule has 3 aromatic carbocycles. The third-order valence-corrected chi connectivity index (χ3v) is 4.51. The van der Waals surface area contributed by atoms with Crippen molar-refractivity contribution in [1.29, 1.82) is 0 Å². The molecule has 0 saturated heterocycles. The van der Waals surface area contributed by atoms with Crippen LogP contribution in [-0.4, -0.2) is 11.3 Å². The third kappa shape index (κ3) is 3.17. The van der Waals surface area contributed by atoms with Gasteiger partial charge in [-0.15, -0.1) is 5.06 Å². The molecule has 3 aromatic rings. The molecule has 26 heavy (non-hydrogen) atoms. The topological polar surface area (TPSA) is 29.5 Å². The van der Waals surface area contributed by atoms with E-state index in [0.29, 0.717) is 17.9 Å². The van der Waals surface area contributed by atoms with Crippen molar-refractivity contribution in [2.45, 2.75) is 12.6 Å². The summed E-state index contributed by atoms with van der Waals surface area (Å²) in [5.74, 6) is 0.630. The molecule has 1 heterocycles. The van der Waals surface area contributed by atoms with Gasteiger partial charge in [0.1, 0.15) is 6.04 Å². The Morgan fingerprint density at radius 2 is 1.38 bits per heavy atom. The van der Waals surface area contributed by atoms with Crippen molar-refractivity contribution in [3.8, 4) is 0 Å². The molecule has 0 N–H and O–H groups in total. The van der Waals surface area contributed by atoms with Gasteiger partial charge in [-0.2, -0.15) is 0 Å². The van der Waals surface area contributed by atoms with Crippen LogP contribution in [0.15, 0.2) is 96.6 Å². The first-order valence-corrected chi connectivity index (χ1v) is 8.65. The first-order valence-electron chi connectivity index (χ1n) is 8.65. The zero-order chi connectivity index (χ0) is 17.8. The lowest BCUT2D eigenvalue weighted by atomic mass is 9.97. The van der Waals surface area contributed by atoms with Crippen molar-refractivity contribution in [2.75, 3.05) is 0 Å². The Kier molecular flexibility index (Phi) is 4.63. The van der Waals surface area contributed by atoms with Crippen LogP contribution in [0.5, 0.6) is 0 Å². The van der Waals surface area contributed by atoms with Gasteiger partial charge in [0.05, 0.1) is 12.1 Å². The molecule has 1 aliphatic heterocycles. The van der Waals surface area contributed by atoms with Crippen LogP contribution >= 0.6 is 0 Å². The zero-order valence-electron chi connectivity index (χ0n) is 14.3. The average Bonchev–Trinajstić information content (AvgIpc) is 3.08. The predicted octanol–water partition coefficient (Wildman–Crippen LogP) is 4.79. The highest BCUT2D eigenvalue weighted by molar-refractivity contribution is 5.88. The van der Waals surface area contributed by atoms with Crippen LogP contribution in [0.3, 0.4) is 0 Å². The fourth-order valence-electron chi connectivity index (χ4n) is 3.30. The van der Waals surface area contributed by atoms with E-state index in [9.17, 15) is 4.79 Å². The summed E-state index contributed by atoms with van der Waals surface area (Å²) in [6.07, 6.45) is 0.922. The van der Waals surface area contributed by atoms with Gasteiger partial charge in [0.25, 0.3) is 0 Å². The third-order valence-electron chi connectivity index (χ3n) is 4.51. The van der Waals surface area contributed by atoms with Gasteiger partial charge in [-0.1, -0.05) is 91.0 Å². The second-order valence-corrected chi connectivity index (χ2v) is 6.23. The Balaban J connectivity index is 1.76. The van der Waals surface area contributed by atoms with Crippen molar-refractivity contribution >= 4 is 12.0 Å². The number of hydrogen-bond donors (Lipinski definition) is 0. The highest BCUT2D eigenvalue weighted by atomic mass is 16.7. The summed E-state index contributed by atoms with van der Waals surface area (Å²) in [7, 11) is 0. The van der Waals surface area contributed by atoms with Gasteiger partial charge in [-0.05, 0) is 11.1 Å². The fourth-order valence-corrected chi connectivity index (χ4v) is 3.30. The average molecular weight is 341 g/mol.